The molecule has 0 aliphatic heterocycles. The normalized spacial score (nSPS) is 12.5. The molecule has 160 valence electrons. The molecule has 0 aliphatic carbocycles. The van der Waals surface area contributed by atoms with Gasteiger partial charge in [-0.1, -0.05) is 25.7 Å². The Morgan fingerprint density at radius 3 is 2.29 bits per heavy atom. The molecular formula is C22H35FO5. The minimum atomic E-state index is -1.11. The molecule has 0 radical (unpaired) electrons. The Hall–Kier alpha value is -1.82. The van der Waals surface area contributed by atoms with E-state index in [1.165, 1.54) is 7.11 Å². The van der Waals surface area contributed by atoms with Crippen molar-refractivity contribution in [2.45, 2.75) is 77.5 Å². The molecule has 1 N–H and O–H groups in total. The van der Waals surface area contributed by atoms with Crippen molar-refractivity contribution in [2.75, 3.05) is 20.8 Å². The maximum atomic E-state index is 13.0. The molecule has 0 bridgehead atoms. The third-order valence-electron chi connectivity index (χ3n) is 4.38. The van der Waals surface area contributed by atoms with E-state index in [-0.39, 0.29) is 0 Å². The van der Waals surface area contributed by atoms with Gasteiger partial charge in [-0.3, -0.25) is 0 Å². The summed E-state index contributed by atoms with van der Waals surface area (Å²) in [7, 11) is 3.10. The summed E-state index contributed by atoms with van der Waals surface area (Å²) >= 11 is 0. The van der Waals surface area contributed by atoms with Gasteiger partial charge in [0.2, 0.25) is 0 Å². The average molecular weight is 399 g/mol. The summed E-state index contributed by atoms with van der Waals surface area (Å²) in [6.45, 7) is 5.10. The number of carbonyl (C=O) groups excluding carboxylic acids is 1. The van der Waals surface area contributed by atoms with Gasteiger partial charge < -0.3 is 19.3 Å². The fraction of sp³-hybridized carbons (Fsp3) is 0.682. The number of halogens is 1. The minimum Gasteiger partial charge on any atom is -0.497 e. The molecule has 1 rings (SSSR count). The average Bonchev–Trinajstić information content (AvgIpc) is 2.64. The highest BCUT2D eigenvalue weighted by Gasteiger charge is 2.25. The van der Waals surface area contributed by atoms with E-state index in [2.05, 4.69) is 0 Å². The van der Waals surface area contributed by atoms with Crippen molar-refractivity contribution in [1.82, 2.24) is 0 Å². The minimum absolute atomic E-state index is 0.398. The molecule has 0 saturated heterocycles. The van der Waals surface area contributed by atoms with E-state index in [1.807, 2.05) is 26.8 Å². The van der Waals surface area contributed by atoms with Crippen LogP contribution < -0.4 is 9.47 Å². The Labute approximate surface area is 168 Å². The second kappa shape index (κ2) is 11.9. The molecule has 6 heteroatoms. The predicted molar refractivity (Wildman–Crippen MR) is 108 cm³/mol. The van der Waals surface area contributed by atoms with Crippen LogP contribution in [0.4, 0.5) is 4.39 Å². The molecule has 28 heavy (non-hydrogen) atoms. The lowest BCUT2D eigenvalue weighted by atomic mass is 9.98. The van der Waals surface area contributed by atoms with E-state index in [4.69, 9.17) is 19.3 Å². The van der Waals surface area contributed by atoms with Crippen LogP contribution in [0.15, 0.2) is 12.1 Å². The van der Waals surface area contributed by atoms with Crippen LogP contribution in [0.25, 0.3) is 0 Å². The molecule has 1 aromatic carbocycles. The smallest absolute Gasteiger partial charge is 0.342 e. The topological polar surface area (TPSA) is 65.0 Å². The Morgan fingerprint density at radius 2 is 1.71 bits per heavy atom. The van der Waals surface area contributed by atoms with Crippen molar-refractivity contribution in [3.05, 3.63) is 23.3 Å². The number of hydrogen-bond donors (Lipinski definition) is 1. The number of methoxy groups -OCH3 is 2. The van der Waals surface area contributed by atoms with Gasteiger partial charge in [-0.2, -0.15) is 0 Å². The van der Waals surface area contributed by atoms with Crippen molar-refractivity contribution < 1.29 is 28.5 Å². The van der Waals surface area contributed by atoms with Gasteiger partial charge in [-0.25, -0.2) is 9.18 Å². The number of alkyl halides is 1. The van der Waals surface area contributed by atoms with Crippen LogP contribution >= 0.6 is 0 Å². The third-order valence-corrected chi connectivity index (χ3v) is 4.38. The second-order valence-corrected chi connectivity index (χ2v) is 7.95. The molecule has 0 aromatic heterocycles. The molecule has 0 saturated carbocycles. The number of aryl methyl sites for hydroxylation is 1. The Morgan fingerprint density at radius 1 is 1.07 bits per heavy atom. The van der Waals surface area contributed by atoms with Crippen LogP contribution in [-0.2, 0) is 11.2 Å². The summed E-state index contributed by atoms with van der Waals surface area (Å²) in [6.07, 6.45) is 4.56. The first-order valence-corrected chi connectivity index (χ1v) is 9.95. The van der Waals surface area contributed by atoms with Crippen molar-refractivity contribution >= 4 is 5.97 Å². The van der Waals surface area contributed by atoms with E-state index in [9.17, 15) is 9.18 Å². The lowest BCUT2D eigenvalue weighted by Crippen LogP contribution is -2.25. The van der Waals surface area contributed by atoms with Crippen LogP contribution in [-0.4, -0.2) is 43.7 Å². The number of hydrogen-bond acceptors (Lipinski definition) is 5. The summed E-state index contributed by atoms with van der Waals surface area (Å²) in [5.74, 6) is 0.679. The zero-order valence-electron chi connectivity index (χ0n) is 17.8. The summed E-state index contributed by atoms with van der Waals surface area (Å²) in [4.78, 5) is 12.7. The number of rotatable bonds is 12. The van der Waals surface area contributed by atoms with Gasteiger partial charge in [-0.05, 0) is 51.7 Å². The van der Waals surface area contributed by atoms with Crippen LogP contribution in [0.5, 0.6) is 11.5 Å². The summed E-state index contributed by atoms with van der Waals surface area (Å²) in [5.41, 5.74) is 0.693. The van der Waals surface area contributed by atoms with E-state index in [0.717, 1.165) is 37.7 Å². The number of aliphatic hydroxyl groups is 1. The van der Waals surface area contributed by atoms with Gasteiger partial charge in [0.25, 0.3) is 0 Å². The molecule has 1 atom stereocenters. The van der Waals surface area contributed by atoms with Gasteiger partial charge in [0.05, 0.1) is 20.8 Å². The zero-order chi connectivity index (χ0) is 21.2. The third kappa shape index (κ3) is 8.46. The Kier molecular flexibility index (Phi) is 10.3. The standard InChI is InChI=1S/C22H35FO5/c1-22(2,3)28-21(25)20-16(13-18(26-4)14-19(20)27-5)11-9-7-6-8-10-12-17(23)15-24/h13-14,17,24H,6-12,15H2,1-5H3. The van der Waals surface area contributed by atoms with Gasteiger partial charge in [0, 0.05) is 6.07 Å². The van der Waals surface area contributed by atoms with E-state index >= 15 is 0 Å². The van der Waals surface area contributed by atoms with Crippen LogP contribution in [0, 0.1) is 0 Å². The molecule has 0 heterocycles. The predicted octanol–water partition coefficient (Wildman–Crippen LogP) is 4.87. The molecule has 0 aliphatic rings. The molecule has 1 unspecified atom stereocenters. The van der Waals surface area contributed by atoms with Gasteiger partial charge in [-0.15, -0.1) is 0 Å². The second-order valence-electron chi connectivity index (χ2n) is 7.95. The number of esters is 1. The van der Waals surface area contributed by atoms with Crippen LogP contribution in [0.3, 0.4) is 0 Å². The van der Waals surface area contributed by atoms with Crippen molar-refractivity contribution in [3.8, 4) is 11.5 Å². The lowest BCUT2D eigenvalue weighted by molar-refractivity contribution is 0.00652. The molecule has 0 fully saturated rings. The monoisotopic (exact) mass is 398 g/mol. The Balaban J connectivity index is 2.76. The van der Waals surface area contributed by atoms with E-state index in [0.29, 0.717) is 29.9 Å². The lowest BCUT2D eigenvalue weighted by Gasteiger charge is -2.22. The maximum absolute atomic E-state index is 13.0. The summed E-state index contributed by atoms with van der Waals surface area (Å²) in [6, 6.07) is 3.55. The first kappa shape index (κ1) is 24.2. The largest absolute Gasteiger partial charge is 0.497 e. The van der Waals surface area contributed by atoms with Crippen molar-refractivity contribution in [3.63, 3.8) is 0 Å². The summed E-state index contributed by atoms with van der Waals surface area (Å²) in [5, 5.41) is 8.70. The highest BCUT2D eigenvalue weighted by molar-refractivity contribution is 5.95. The number of aliphatic hydroxyl groups excluding tert-OH is 1. The van der Waals surface area contributed by atoms with E-state index < -0.39 is 24.3 Å². The van der Waals surface area contributed by atoms with Gasteiger partial charge in [0.15, 0.2) is 0 Å². The molecule has 0 amide bonds. The highest BCUT2D eigenvalue weighted by Crippen LogP contribution is 2.31. The van der Waals surface area contributed by atoms with Crippen LogP contribution in [0.1, 0.15) is 75.2 Å². The number of unbranched alkanes of at least 4 members (excludes halogenated alkanes) is 4. The zero-order valence-corrected chi connectivity index (χ0v) is 17.8. The highest BCUT2D eigenvalue weighted by atomic mass is 19.1. The fourth-order valence-electron chi connectivity index (χ4n) is 2.98. The quantitative estimate of drug-likeness (QED) is 0.402. The number of carbonyl (C=O) groups is 1. The Bertz CT molecular complexity index is 610. The summed E-state index contributed by atoms with van der Waals surface area (Å²) < 4.78 is 29.3. The van der Waals surface area contributed by atoms with E-state index in [1.54, 1.807) is 13.2 Å². The molecule has 5 nitrogen and oxygen atoms in total. The number of ether oxygens (including phenoxy) is 3. The molecule has 1 aromatic rings. The SMILES string of the molecule is COc1cc(CCCCCCCC(F)CO)c(C(=O)OC(C)(C)C)c(OC)c1. The molecular weight excluding hydrogens is 363 g/mol. The van der Waals surface area contributed by atoms with Gasteiger partial charge >= 0.3 is 5.97 Å². The van der Waals surface area contributed by atoms with Crippen molar-refractivity contribution in [1.29, 1.82) is 0 Å². The first-order chi connectivity index (χ1) is 13.2. The maximum Gasteiger partial charge on any atom is 0.342 e. The van der Waals surface area contributed by atoms with Crippen LogP contribution in [0.2, 0.25) is 0 Å². The first-order valence-electron chi connectivity index (χ1n) is 9.95. The fourth-order valence-corrected chi connectivity index (χ4v) is 2.98. The molecule has 0 spiro atoms. The van der Waals surface area contributed by atoms with Crippen molar-refractivity contribution in [2.24, 2.45) is 0 Å². The van der Waals surface area contributed by atoms with Gasteiger partial charge in [0.1, 0.15) is 28.8 Å². The number of benzene rings is 1.